The zero-order valence-electron chi connectivity index (χ0n) is 11.8. The quantitative estimate of drug-likeness (QED) is 0.765. The lowest BCUT2D eigenvalue weighted by Crippen LogP contribution is -2.66. The van der Waals surface area contributed by atoms with Crippen molar-refractivity contribution in [2.24, 2.45) is 0 Å². The van der Waals surface area contributed by atoms with Gasteiger partial charge in [-0.2, -0.15) is 0 Å². The summed E-state index contributed by atoms with van der Waals surface area (Å²) in [5, 5.41) is 3.53. The van der Waals surface area contributed by atoms with Gasteiger partial charge in [0.25, 0.3) is 0 Å². The number of amides is 1. The fraction of sp³-hybridized carbons (Fsp3) is 0.929. The number of hydrogen-bond donors (Lipinski definition) is 1. The van der Waals surface area contributed by atoms with Gasteiger partial charge in [0.15, 0.2) is 0 Å². The molecular formula is C14H25N3O2. The van der Waals surface area contributed by atoms with Crippen molar-refractivity contribution in [3.63, 3.8) is 0 Å². The zero-order valence-corrected chi connectivity index (χ0v) is 11.8. The summed E-state index contributed by atoms with van der Waals surface area (Å²) in [5.41, 5.74) is 0. The van der Waals surface area contributed by atoms with Crippen LogP contribution in [-0.4, -0.2) is 73.2 Å². The minimum Gasteiger partial charge on any atom is -0.378 e. The molecule has 3 saturated heterocycles. The fourth-order valence-corrected chi connectivity index (χ4v) is 3.30. The van der Waals surface area contributed by atoms with Crippen LogP contribution >= 0.6 is 0 Å². The molecule has 0 aromatic carbocycles. The van der Waals surface area contributed by atoms with E-state index in [2.05, 4.69) is 17.1 Å². The van der Waals surface area contributed by atoms with E-state index in [1.165, 1.54) is 6.42 Å². The van der Waals surface area contributed by atoms with Gasteiger partial charge in [-0.3, -0.25) is 9.69 Å². The van der Waals surface area contributed by atoms with Crippen LogP contribution in [0.15, 0.2) is 0 Å². The van der Waals surface area contributed by atoms with Crippen LogP contribution in [0.5, 0.6) is 0 Å². The van der Waals surface area contributed by atoms with Crippen LogP contribution in [0.1, 0.15) is 26.2 Å². The molecule has 5 nitrogen and oxygen atoms in total. The van der Waals surface area contributed by atoms with Crippen LogP contribution in [0.25, 0.3) is 0 Å². The summed E-state index contributed by atoms with van der Waals surface area (Å²) in [6.45, 7) is 7.76. The van der Waals surface area contributed by atoms with Crippen molar-refractivity contribution in [1.29, 1.82) is 0 Å². The average Bonchev–Trinajstić information content (AvgIpc) is 2.73. The molecule has 19 heavy (non-hydrogen) atoms. The standard InChI is InChI=1S/C14H25N3O2/c1-2-5-16-6-3-4-13(16)14(18)17-7-11(8-17)15-12-9-19-10-12/h11-13,15H,2-10H2,1H3/t13-/m0/s1. The van der Waals surface area contributed by atoms with Crippen molar-refractivity contribution in [2.45, 2.75) is 44.3 Å². The number of carbonyl (C=O) groups is 1. The Balaban J connectivity index is 1.43. The maximum Gasteiger partial charge on any atom is 0.240 e. The first-order valence-corrected chi connectivity index (χ1v) is 7.64. The van der Waals surface area contributed by atoms with Crippen molar-refractivity contribution in [1.82, 2.24) is 15.1 Å². The summed E-state index contributed by atoms with van der Waals surface area (Å²) in [6, 6.07) is 1.16. The molecule has 3 heterocycles. The number of likely N-dealkylation sites (tertiary alicyclic amines) is 2. The maximum absolute atomic E-state index is 12.5. The van der Waals surface area contributed by atoms with Gasteiger partial charge in [-0.05, 0) is 32.4 Å². The van der Waals surface area contributed by atoms with E-state index in [9.17, 15) is 4.79 Å². The molecule has 0 radical (unpaired) electrons. The van der Waals surface area contributed by atoms with Gasteiger partial charge < -0.3 is 15.0 Å². The minimum absolute atomic E-state index is 0.160. The number of ether oxygens (including phenoxy) is 1. The van der Waals surface area contributed by atoms with E-state index in [0.29, 0.717) is 18.0 Å². The van der Waals surface area contributed by atoms with Gasteiger partial charge in [-0.1, -0.05) is 6.92 Å². The van der Waals surface area contributed by atoms with Gasteiger partial charge in [0.1, 0.15) is 0 Å². The fourth-order valence-electron chi connectivity index (χ4n) is 3.30. The molecule has 0 aromatic rings. The van der Waals surface area contributed by atoms with Gasteiger partial charge >= 0.3 is 0 Å². The lowest BCUT2D eigenvalue weighted by atomic mass is 10.0. The van der Waals surface area contributed by atoms with E-state index in [0.717, 1.165) is 52.2 Å². The second-order valence-electron chi connectivity index (χ2n) is 6.04. The molecule has 0 aliphatic carbocycles. The largest absolute Gasteiger partial charge is 0.378 e. The Bertz CT molecular complexity index is 327. The Morgan fingerprint density at radius 3 is 2.74 bits per heavy atom. The molecule has 0 aromatic heterocycles. The molecule has 1 atom stereocenters. The highest BCUT2D eigenvalue weighted by atomic mass is 16.5. The highest BCUT2D eigenvalue weighted by Gasteiger charge is 2.39. The van der Waals surface area contributed by atoms with E-state index in [-0.39, 0.29) is 6.04 Å². The van der Waals surface area contributed by atoms with Crippen molar-refractivity contribution in [3.8, 4) is 0 Å². The summed E-state index contributed by atoms with van der Waals surface area (Å²) in [6.07, 6.45) is 3.35. The normalized spacial score (nSPS) is 29.3. The molecule has 1 N–H and O–H groups in total. The lowest BCUT2D eigenvalue weighted by molar-refractivity contribution is -0.141. The second-order valence-corrected chi connectivity index (χ2v) is 6.04. The Morgan fingerprint density at radius 2 is 2.11 bits per heavy atom. The molecule has 3 fully saturated rings. The Hall–Kier alpha value is -0.650. The first-order valence-electron chi connectivity index (χ1n) is 7.64. The third kappa shape index (κ3) is 2.78. The molecule has 0 unspecified atom stereocenters. The summed E-state index contributed by atoms with van der Waals surface area (Å²) in [7, 11) is 0. The van der Waals surface area contributed by atoms with Crippen LogP contribution in [0, 0.1) is 0 Å². The molecule has 5 heteroatoms. The van der Waals surface area contributed by atoms with Crippen LogP contribution in [-0.2, 0) is 9.53 Å². The van der Waals surface area contributed by atoms with Crippen molar-refractivity contribution in [2.75, 3.05) is 39.4 Å². The summed E-state index contributed by atoms with van der Waals surface area (Å²) < 4.78 is 5.15. The number of hydrogen-bond acceptors (Lipinski definition) is 4. The van der Waals surface area contributed by atoms with E-state index in [1.807, 2.05) is 4.90 Å². The van der Waals surface area contributed by atoms with Crippen molar-refractivity contribution in [3.05, 3.63) is 0 Å². The molecule has 3 aliphatic heterocycles. The molecule has 3 rings (SSSR count). The average molecular weight is 267 g/mol. The molecule has 3 aliphatic rings. The number of nitrogens with one attached hydrogen (secondary N) is 1. The first-order chi connectivity index (χ1) is 9.28. The summed E-state index contributed by atoms with van der Waals surface area (Å²) >= 11 is 0. The zero-order chi connectivity index (χ0) is 13.2. The molecule has 1 amide bonds. The maximum atomic E-state index is 12.5. The van der Waals surface area contributed by atoms with Crippen LogP contribution in [0.4, 0.5) is 0 Å². The highest BCUT2D eigenvalue weighted by Crippen LogP contribution is 2.22. The first kappa shape index (κ1) is 13.3. The summed E-state index contributed by atoms with van der Waals surface area (Å²) in [5.74, 6) is 0.355. The molecule has 0 spiro atoms. The van der Waals surface area contributed by atoms with Crippen LogP contribution in [0.2, 0.25) is 0 Å². The molecular weight excluding hydrogens is 242 g/mol. The van der Waals surface area contributed by atoms with E-state index < -0.39 is 0 Å². The van der Waals surface area contributed by atoms with E-state index in [4.69, 9.17) is 4.74 Å². The van der Waals surface area contributed by atoms with Gasteiger partial charge in [0.05, 0.1) is 25.3 Å². The van der Waals surface area contributed by atoms with Gasteiger partial charge in [-0.15, -0.1) is 0 Å². The molecule has 0 saturated carbocycles. The third-order valence-corrected chi connectivity index (χ3v) is 4.46. The Morgan fingerprint density at radius 1 is 1.32 bits per heavy atom. The van der Waals surface area contributed by atoms with Gasteiger partial charge in [0, 0.05) is 19.1 Å². The van der Waals surface area contributed by atoms with Crippen LogP contribution < -0.4 is 5.32 Å². The van der Waals surface area contributed by atoms with Crippen molar-refractivity contribution >= 4 is 5.91 Å². The number of rotatable bonds is 5. The lowest BCUT2D eigenvalue weighted by Gasteiger charge is -2.44. The Kier molecular flexibility index (Phi) is 4.05. The Labute approximate surface area is 115 Å². The highest BCUT2D eigenvalue weighted by molar-refractivity contribution is 5.83. The topological polar surface area (TPSA) is 44.8 Å². The smallest absolute Gasteiger partial charge is 0.240 e. The molecule has 0 bridgehead atoms. The monoisotopic (exact) mass is 267 g/mol. The SMILES string of the molecule is CCCN1CCC[C@H]1C(=O)N1CC(NC2COC2)C1. The second kappa shape index (κ2) is 5.77. The minimum atomic E-state index is 0.160. The van der Waals surface area contributed by atoms with Crippen molar-refractivity contribution < 1.29 is 9.53 Å². The summed E-state index contributed by atoms with van der Waals surface area (Å²) in [4.78, 5) is 16.8. The predicted molar refractivity (Wildman–Crippen MR) is 73.0 cm³/mol. The number of nitrogens with zero attached hydrogens (tertiary/aromatic N) is 2. The van der Waals surface area contributed by atoms with E-state index >= 15 is 0 Å². The molecule has 108 valence electrons. The van der Waals surface area contributed by atoms with E-state index in [1.54, 1.807) is 0 Å². The predicted octanol–water partition coefficient (Wildman–Crippen LogP) is 0.0600. The van der Waals surface area contributed by atoms with Gasteiger partial charge in [-0.25, -0.2) is 0 Å². The van der Waals surface area contributed by atoms with Gasteiger partial charge in [0.2, 0.25) is 5.91 Å². The number of carbonyl (C=O) groups excluding carboxylic acids is 1. The van der Waals surface area contributed by atoms with Crippen LogP contribution in [0.3, 0.4) is 0 Å². The third-order valence-electron chi connectivity index (χ3n) is 4.46.